The molecule has 0 unspecified atom stereocenters. The van der Waals surface area contributed by atoms with Crippen LogP contribution in [-0.4, -0.2) is 0 Å². The first kappa shape index (κ1) is 30.0. The van der Waals surface area contributed by atoms with Gasteiger partial charge in [-0.3, -0.25) is 0 Å². The molecule has 11 aromatic rings. The van der Waals surface area contributed by atoms with E-state index in [-0.39, 0.29) is 0 Å². The second-order valence-electron chi connectivity index (χ2n) is 13.7. The topological polar surface area (TPSA) is 16.4 Å². The number of rotatable bonds is 5. The zero-order chi connectivity index (χ0) is 34.9. The van der Waals surface area contributed by atoms with Crippen molar-refractivity contribution in [2.24, 2.45) is 0 Å². The molecular formula is C50H31NOS. The van der Waals surface area contributed by atoms with Crippen molar-refractivity contribution in [3.63, 3.8) is 0 Å². The summed E-state index contributed by atoms with van der Waals surface area (Å²) < 4.78 is 9.02. The summed E-state index contributed by atoms with van der Waals surface area (Å²) in [4.78, 5) is 2.38. The van der Waals surface area contributed by atoms with Crippen molar-refractivity contribution >= 4 is 92.1 Å². The summed E-state index contributed by atoms with van der Waals surface area (Å²) in [5, 5.41) is 9.70. The lowest BCUT2D eigenvalue weighted by atomic mass is 9.98. The fourth-order valence-corrected chi connectivity index (χ4v) is 9.14. The van der Waals surface area contributed by atoms with Gasteiger partial charge in [-0.2, -0.15) is 0 Å². The van der Waals surface area contributed by atoms with Gasteiger partial charge in [0.15, 0.2) is 0 Å². The Kier molecular flexibility index (Phi) is 6.76. The minimum Gasteiger partial charge on any atom is -0.455 e. The molecule has 2 aromatic heterocycles. The predicted octanol–water partition coefficient (Wildman–Crippen LogP) is 15.1. The van der Waals surface area contributed by atoms with Gasteiger partial charge in [0.05, 0.1) is 0 Å². The van der Waals surface area contributed by atoms with Crippen LogP contribution in [0.2, 0.25) is 0 Å². The molecule has 0 saturated heterocycles. The molecule has 0 amide bonds. The number of fused-ring (bicyclic) bond motifs is 9. The van der Waals surface area contributed by atoms with Crippen LogP contribution in [0.4, 0.5) is 17.1 Å². The highest BCUT2D eigenvalue weighted by Gasteiger charge is 2.17. The smallest absolute Gasteiger partial charge is 0.143 e. The lowest BCUT2D eigenvalue weighted by Gasteiger charge is -2.26. The maximum atomic E-state index is 6.41. The largest absolute Gasteiger partial charge is 0.455 e. The highest BCUT2D eigenvalue weighted by molar-refractivity contribution is 7.25. The molecule has 0 radical (unpaired) electrons. The normalized spacial score (nSPS) is 11.8. The van der Waals surface area contributed by atoms with Crippen molar-refractivity contribution < 1.29 is 4.42 Å². The Labute approximate surface area is 310 Å². The summed E-state index contributed by atoms with van der Waals surface area (Å²) >= 11 is 1.85. The molecule has 0 fully saturated rings. The Hall–Kier alpha value is -6.68. The Morgan fingerprint density at radius 1 is 0.358 bits per heavy atom. The average molecular weight is 694 g/mol. The van der Waals surface area contributed by atoms with Crippen molar-refractivity contribution in [1.29, 1.82) is 0 Å². The standard InChI is InChI=1S/C50H31NOS/c1-2-10-40-33(8-1)9-7-13-41(40)34-20-25-38(26-21-34)51(39-27-29-49-46(31-39)43-12-4-6-15-48(43)53-49)37-23-18-32(19-24-37)36-17-16-35-22-28-44-42-11-3-5-14-47(42)52-50(44)45(35)30-36/h1-31H. The number of benzene rings is 9. The monoisotopic (exact) mass is 693 g/mol. The van der Waals surface area contributed by atoms with Crippen LogP contribution in [0.15, 0.2) is 192 Å². The van der Waals surface area contributed by atoms with E-state index in [1.807, 2.05) is 23.5 Å². The van der Waals surface area contributed by atoms with E-state index in [0.717, 1.165) is 55.5 Å². The first-order valence-corrected chi connectivity index (χ1v) is 18.8. The SMILES string of the molecule is c1ccc2c(-c3ccc(N(c4ccc(-c5ccc6ccc7c8ccccc8oc7c6c5)cc4)c4ccc5sc6ccccc6c5c4)cc3)cccc2c1. The molecule has 11 rings (SSSR count). The summed E-state index contributed by atoms with van der Waals surface area (Å²) in [6.45, 7) is 0. The maximum absolute atomic E-state index is 6.41. The fraction of sp³-hybridized carbons (Fsp3) is 0. The van der Waals surface area contributed by atoms with Crippen LogP contribution in [0.25, 0.3) is 85.9 Å². The highest BCUT2D eigenvalue weighted by atomic mass is 32.1. The number of hydrogen-bond acceptors (Lipinski definition) is 3. The maximum Gasteiger partial charge on any atom is 0.143 e. The van der Waals surface area contributed by atoms with Crippen LogP contribution in [0.3, 0.4) is 0 Å². The molecule has 0 atom stereocenters. The number of anilines is 3. The van der Waals surface area contributed by atoms with Gasteiger partial charge in [0.1, 0.15) is 11.2 Å². The number of hydrogen-bond donors (Lipinski definition) is 0. The van der Waals surface area contributed by atoms with Crippen molar-refractivity contribution in [1.82, 2.24) is 0 Å². The van der Waals surface area contributed by atoms with E-state index in [9.17, 15) is 0 Å². The number of furan rings is 1. The summed E-state index contributed by atoms with van der Waals surface area (Å²) in [6.07, 6.45) is 0. The van der Waals surface area contributed by atoms with E-state index in [0.29, 0.717) is 0 Å². The first-order chi connectivity index (χ1) is 26.2. The van der Waals surface area contributed by atoms with Crippen LogP contribution in [0.1, 0.15) is 0 Å². The van der Waals surface area contributed by atoms with E-state index in [1.54, 1.807) is 0 Å². The van der Waals surface area contributed by atoms with Crippen molar-refractivity contribution in [2.45, 2.75) is 0 Å². The van der Waals surface area contributed by atoms with Gasteiger partial charge in [-0.05, 0) is 105 Å². The van der Waals surface area contributed by atoms with E-state index in [4.69, 9.17) is 4.42 Å². The van der Waals surface area contributed by atoms with Crippen molar-refractivity contribution in [3.8, 4) is 22.3 Å². The van der Waals surface area contributed by atoms with Gasteiger partial charge in [-0.25, -0.2) is 0 Å². The first-order valence-electron chi connectivity index (χ1n) is 18.0. The second kappa shape index (κ2) is 11.9. The number of nitrogens with zero attached hydrogens (tertiary/aromatic N) is 1. The number of para-hydroxylation sites is 1. The van der Waals surface area contributed by atoms with Gasteiger partial charge in [0.25, 0.3) is 0 Å². The molecule has 0 aliphatic heterocycles. The zero-order valence-electron chi connectivity index (χ0n) is 28.7. The van der Waals surface area contributed by atoms with E-state index in [2.05, 4.69) is 181 Å². The third kappa shape index (κ3) is 4.93. The molecular weight excluding hydrogens is 663 g/mol. The molecule has 0 aliphatic rings. The third-order valence-corrected chi connectivity index (χ3v) is 11.8. The van der Waals surface area contributed by atoms with Crippen LogP contribution < -0.4 is 4.90 Å². The molecule has 0 bridgehead atoms. The van der Waals surface area contributed by atoms with Crippen LogP contribution in [0.5, 0.6) is 0 Å². The minimum absolute atomic E-state index is 0.920. The van der Waals surface area contributed by atoms with Crippen LogP contribution in [-0.2, 0) is 0 Å². The predicted molar refractivity (Wildman–Crippen MR) is 227 cm³/mol. The van der Waals surface area contributed by atoms with E-state index < -0.39 is 0 Å². The van der Waals surface area contributed by atoms with Gasteiger partial charge >= 0.3 is 0 Å². The number of thiophene rings is 1. The highest BCUT2D eigenvalue weighted by Crippen LogP contribution is 2.42. The summed E-state index contributed by atoms with van der Waals surface area (Å²) in [5.41, 5.74) is 9.97. The quantitative estimate of drug-likeness (QED) is 0.178. The average Bonchev–Trinajstić information content (AvgIpc) is 3.80. The van der Waals surface area contributed by atoms with Gasteiger partial charge in [-0.15, -0.1) is 11.3 Å². The minimum atomic E-state index is 0.920. The van der Waals surface area contributed by atoms with Crippen LogP contribution >= 0.6 is 11.3 Å². The molecule has 0 spiro atoms. The van der Waals surface area contributed by atoms with Gasteiger partial charge < -0.3 is 9.32 Å². The van der Waals surface area contributed by atoms with Gasteiger partial charge in [0.2, 0.25) is 0 Å². The molecule has 3 heteroatoms. The molecule has 2 heterocycles. The van der Waals surface area contributed by atoms with Crippen molar-refractivity contribution in [2.75, 3.05) is 4.90 Å². The van der Waals surface area contributed by atoms with E-state index >= 15 is 0 Å². The molecule has 0 aliphatic carbocycles. The molecule has 53 heavy (non-hydrogen) atoms. The molecule has 248 valence electrons. The van der Waals surface area contributed by atoms with Gasteiger partial charge in [0, 0.05) is 53.4 Å². The Bertz CT molecular complexity index is 3160. The Morgan fingerprint density at radius 2 is 0.981 bits per heavy atom. The van der Waals surface area contributed by atoms with Crippen molar-refractivity contribution in [3.05, 3.63) is 188 Å². The molecule has 9 aromatic carbocycles. The molecule has 2 nitrogen and oxygen atoms in total. The fourth-order valence-electron chi connectivity index (χ4n) is 8.05. The zero-order valence-corrected chi connectivity index (χ0v) is 29.5. The van der Waals surface area contributed by atoms with Crippen LogP contribution in [0, 0.1) is 0 Å². The Balaban J connectivity index is 1.02. The summed E-state index contributed by atoms with van der Waals surface area (Å²) in [7, 11) is 0. The van der Waals surface area contributed by atoms with Gasteiger partial charge in [-0.1, -0.05) is 121 Å². The lowest BCUT2D eigenvalue weighted by molar-refractivity contribution is 0.672. The second-order valence-corrected chi connectivity index (χ2v) is 14.8. The van der Waals surface area contributed by atoms with E-state index in [1.165, 1.54) is 47.5 Å². The lowest BCUT2D eigenvalue weighted by Crippen LogP contribution is -2.09. The summed E-state index contributed by atoms with van der Waals surface area (Å²) in [6, 6.07) is 68.1. The third-order valence-electron chi connectivity index (χ3n) is 10.7. The molecule has 0 N–H and O–H groups in total. The molecule has 0 saturated carbocycles. The summed E-state index contributed by atoms with van der Waals surface area (Å²) in [5.74, 6) is 0. The Morgan fingerprint density at radius 3 is 1.83 bits per heavy atom.